The summed E-state index contributed by atoms with van der Waals surface area (Å²) in [6, 6.07) is 0. The Balaban J connectivity index is 3.14. The van der Waals surface area contributed by atoms with Crippen LogP contribution in [0.15, 0.2) is 0 Å². The van der Waals surface area contributed by atoms with Gasteiger partial charge >= 0.3 is 0 Å². The molecule has 0 aromatic rings. The number of nitrogens with zero attached hydrogens (tertiary/aromatic N) is 1. The normalized spacial score (nSPS) is 12.4. The Labute approximate surface area is 111 Å². The van der Waals surface area contributed by atoms with Crippen LogP contribution >= 0.6 is 0 Å². The number of amides is 1. The Morgan fingerprint density at radius 2 is 1.56 bits per heavy atom. The summed E-state index contributed by atoms with van der Waals surface area (Å²) in [5, 5.41) is 17.8. The Bertz CT molecular complexity index is 209. The van der Waals surface area contributed by atoms with E-state index >= 15 is 0 Å². The lowest BCUT2D eigenvalue weighted by molar-refractivity contribution is -0.127. The van der Waals surface area contributed by atoms with Crippen LogP contribution < -0.4 is 0 Å². The number of hydrogen-bond acceptors (Lipinski definition) is 3. The molecule has 0 heterocycles. The summed E-state index contributed by atoms with van der Waals surface area (Å²) in [6.45, 7) is 2.34. The Kier molecular flexibility index (Phi) is 11.1. The predicted molar refractivity (Wildman–Crippen MR) is 73.3 cm³/mol. The largest absolute Gasteiger partial charge is 0.394 e. The molecular formula is C14H29NO3. The minimum absolute atomic E-state index is 0.121. The summed E-state index contributed by atoms with van der Waals surface area (Å²) in [5.41, 5.74) is 0. The molecule has 0 radical (unpaired) electrons. The van der Waals surface area contributed by atoms with E-state index in [1.807, 2.05) is 7.05 Å². The van der Waals surface area contributed by atoms with Crippen molar-refractivity contribution in [1.29, 1.82) is 0 Å². The van der Waals surface area contributed by atoms with E-state index in [9.17, 15) is 4.79 Å². The number of rotatable bonds is 11. The lowest BCUT2D eigenvalue weighted by Gasteiger charge is -2.14. The second-order valence-corrected chi connectivity index (χ2v) is 5.04. The number of unbranched alkanes of at least 4 members (excludes halogenated alkanes) is 6. The lowest BCUT2D eigenvalue weighted by Crippen LogP contribution is -2.24. The fraction of sp³-hybridized carbons (Fsp3) is 0.929. The average molecular weight is 259 g/mol. The molecular weight excluding hydrogens is 230 g/mol. The topological polar surface area (TPSA) is 60.8 Å². The highest BCUT2D eigenvalue weighted by Crippen LogP contribution is 2.10. The monoisotopic (exact) mass is 259 g/mol. The zero-order chi connectivity index (χ0) is 13.8. The minimum atomic E-state index is -0.535. The van der Waals surface area contributed by atoms with Crippen LogP contribution in [0, 0.1) is 0 Å². The van der Waals surface area contributed by atoms with Crippen molar-refractivity contribution in [2.45, 2.75) is 64.4 Å². The SMILES string of the molecule is CC(=O)N(C)CCCCCCCCCC(O)CO. The van der Waals surface area contributed by atoms with Crippen molar-refractivity contribution >= 4 is 5.91 Å². The minimum Gasteiger partial charge on any atom is -0.394 e. The van der Waals surface area contributed by atoms with E-state index < -0.39 is 6.10 Å². The smallest absolute Gasteiger partial charge is 0.219 e. The highest BCUT2D eigenvalue weighted by Gasteiger charge is 2.02. The molecule has 0 aromatic heterocycles. The molecule has 0 bridgehead atoms. The van der Waals surface area contributed by atoms with Crippen LogP contribution in [0.2, 0.25) is 0 Å². The van der Waals surface area contributed by atoms with Gasteiger partial charge in [-0.25, -0.2) is 0 Å². The molecule has 1 amide bonds. The van der Waals surface area contributed by atoms with Gasteiger partial charge in [0, 0.05) is 20.5 Å². The van der Waals surface area contributed by atoms with Crippen LogP contribution in [-0.4, -0.2) is 47.3 Å². The van der Waals surface area contributed by atoms with Gasteiger partial charge in [-0.05, 0) is 12.8 Å². The molecule has 2 N–H and O–H groups in total. The van der Waals surface area contributed by atoms with Crippen LogP contribution in [0.5, 0.6) is 0 Å². The van der Waals surface area contributed by atoms with Crippen molar-refractivity contribution in [2.75, 3.05) is 20.2 Å². The molecule has 0 spiro atoms. The van der Waals surface area contributed by atoms with Crippen molar-refractivity contribution in [3.8, 4) is 0 Å². The molecule has 0 aliphatic carbocycles. The number of carbonyl (C=O) groups excluding carboxylic acids is 1. The van der Waals surface area contributed by atoms with Gasteiger partial charge in [0.2, 0.25) is 5.91 Å². The van der Waals surface area contributed by atoms with Crippen LogP contribution in [-0.2, 0) is 4.79 Å². The molecule has 0 rings (SSSR count). The van der Waals surface area contributed by atoms with Crippen molar-refractivity contribution in [1.82, 2.24) is 4.90 Å². The van der Waals surface area contributed by atoms with Gasteiger partial charge < -0.3 is 15.1 Å². The molecule has 18 heavy (non-hydrogen) atoms. The maximum absolute atomic E-state index is 10.9. The van der Waals surface area contributed by atoms with E-state index in [-0.39, 0.29) is 12.5 Å². The lowest BCUT2D eigenvalue weighted by atomic mass is 10.1. The summed E-state index contributed by atoms with van der Waals surface area (Å²) < 4.78 is 0. The average Bonchev–Trinajstić information content (AvgIpc) is 2.35. The maximum atomic E-state index is 10.9. The molecule has 0 fully saturated rings. The molecule has 4 heteroatoms. The molecule has 1 atom stereocenters. The first-order valence-corrected chi connectivity index (χ1v) is 7.08. The molecule has 0 aliphatic rings. The number of carbonyl (C=O) groups is 1. The summed E-state index contributed by atoms with van der Waals surface area (Å²) >= 11 is 0. The highest BCUT2D eigenvalue weighted by molar-refractivity contribution is 5.72. The molecule has 1 unspecified atom stereocenters. The third-order valence-corrected chi connectivity index (χ3v) is 3.28. The van der Waals surface area contributed by atoms with Gasteiger partial charge in [-0.2, -0.15) is 0 Å². The van der Waals surface area contributed by atoms with E-state index in [1.165, 1.54) is 25.7 Å². The van der Waals surface area contributed by atoms with Gasteiger partial charge in [0.05, 0.1) is 12.7 Å². The van der Waals surface area contributed by atoms with Crippen molar-refractivity contribution in [3.05, 3.63) is 0 Å². The first kappa shape index (κ1) is 17.4. The van der Waals surface area contributed by atoms with E-state index in [0.717, 1.165) is 25.8 Å². The summed E-state index contributed by atoms with van der Waals surface area (Å²) in [4.78, 5) is 12.7. The van der Waals surface area contributed by atoms with Crippen molar-refractivity contribution in [3.63, 3.8) is 0 Å². The molecule has 0 aliphatic heterocycles. The first-order valence-electron chi connectivity index (χ1n) is 7.08. The second-order valence-electron chi connectivity index (χ2n) is 5.04. The van der Waals surface area contributed by atoms with E-state index in [0.29, 0.717) is 6.42 Å². The maximum Gasteiger partial charge on any atom is 0.219 e. The fourth-order valence-corrected chi connectivity index (χ4v) is 1.86. The quantitative estimate of drug-likeness (QED) is 0.557. The summed E-state index contributed by atoms with van der Waals surface area (Å²) in [5.74, 6) is 0.137. The molecule has 0 saturated carbocycles. The molecule has 4 nitrogen and oxygen atoms in total. The number of aliphatic hydroxyl groups is 2. The van der Waals surface area contributed by atoms with Crippen LogP contribution in [0.25, 0.3) is 0 Å². The fourth-order valence-electron chi connectivity index (χ4n) is 1.86. The van der Waals surface area contributed by atoms with Gasteiger partial charge in [-0.15, -0.1) is 0 Å². The van der Waals surface area contributed by atoms with Gasteiger partial charge in [0.25, 0.3) is 0 Å². The van der Waals surface area contributed by atoms with E-state index in [1.54, 1.807) is 11.8 Å². The second kappa shape index (κ2) is 11.5. The summed E-state index contributed by atoms with van der Waals surface area (Å²) in [6.07, 6.45) is 8.19. The molecule has 0 aromatic carbocycles. The first-order chi connectivity index (χ1) is 8.57. The van der Waals surface area contributed by atoms with Gasteiger partial charge in [-0.1, -0.05) is 38.5 Å². The van der Waals surface area contributed by atoms with Crippen LogP contribution in [0.3, 0.4) is 0 Å². The van der Waals surface area contributed by atoms with Crippen LogP contribution in [0.1, 0.15) is 58.3 Å². The van der Waals surface area contributed by atoms with E-state index in [4.69, 9.17) is 10.2 Å². The Morgan fingerprint density at radius 3 is 2.06 bits per heavy atom. The third kappa shape index (κ3) is 10.5. The van der Waals surface area contributed by atoms with Gasteiger partial charge in [0.1, 0.15) is 0 Å². The van der Waals surface area contributed by atoms with Crippen molar-refractivity contribution in [2.24, 2.45) is 0 Å². The highest BCUT2D eigenvalue weighted by atomic mass is 16.3. The zero-order valence-electron chi connectivity index (χ0n) is 11.9. The van der Waals surface area contributed by atoms with Crippen LogP contribution in [0.4, 0.5) is 0 Å². The van der Waals surface area contributed by atoms with Gasteiger partial charge in [-0.3, -0.25) is 4.79 Å². The Hall–Kier alpha value is -0.610. The van der Waals surface area contributed by atoms with E-state index in [2.05, 4.69) is 0 Å². The standard InChI is InChI=1S/C14H29NO3/c1-13(17)15(2)11-9-7-5-3-4-6-8-10-14(18)12-16/h14,16,18H,3-12H2,1-2H3. The molecule has 0 saturated heterocycles. The third-order valence-electron chi connectivity index (χ3n) is 3.28. The Morgan fingerprint density at radius 1 is 1.06 bits per heavy atom. The van der Waals surface area contributed by atoms with Crippen molar-refractivity contribution < 1.29 is 15.0 Å². The predicted octanol–water partition coefficient (Wildman–Crippen LogP) is 1.94. The zero-order valence-corrected chi connectivity index (χ0v) is 11.9. The summed E-state index contributed by atoms with van der Waals surface area (Å²) in [7, 11) is 1.84. The van der Waals surface area contributed by atoms with Gasteiger partial charge in [0.15, 0.2) is 0 Å². The molecule has 108 valence electrons. The number of hydrogen-bond donors (Lipinski definition) is 2. The number of aliphatic hydroxyl groups excluding tert-OH is 2.